The van der Waals surface area contributed by atoms with Gasteiger partial charge in [-0.2, -0.15) is 0 Å². The Labute approximate surface area is 166 Å². The van der Waals surface area contributed by atoms with E-state index in [9.17, 15) is 4.79 Å². The lowest BCUT2D eigenvalue weighted by atomic mass is 10.2. The lowest BCUT2D eigenvalue weighted by Gasteiger charge is -2.04. The number of rotatable bonds is 5. The Bertz CT molecular complexity index is 920. The Hall–Kier alpha value is -1.54. The average molecular weight is 459 g/mol. The van der Waals surface area contributed by atoms with Crippen LogP contribution in [-0.4, -0.2) is 21.9 Å². The number of aromatic nitrogens is 2. The lowest BCUT2D eigenvalue weighted by Crippen LogP contribution is -2.13. The maximum Gasteiger partial charge on any atom is 0.277 e. The topological polar surface area (TPSA) is 68.0 Å². The smallest absolute Gasteiger partial charge is 0.277 e. The summed E-state index contributed by atoms with van der Waals surface area (Å²) in [6, 6.07) is 12.3. The van der Waals surface area contributed by atoms with Crippen LogP contribution in [0.3, 0.4) is 0 Å². The van der Waals surface area contributed by atoms with Crippen molar-refractivity contribution in [2.75, 3.05) is 11.1 Å². The van der Waals surface area contributed by atoms with Gasteiger partial charge in [0.25, 0.3) is 5.22 Å². The molecule has 0 aliphatic rings. The summed E-state index contributed by atoms with van der Waals surface area (Å²) in [6.45, 7) is 0. The molecule has 1 aromatic heterocycles. The van der Waals surface area contributed by atoms with Gasteiger partial charge in [-0.3, -0.25) is 4.79 Å². The van der Waals surface area contributed by atoms with Crippen LogP contribution >= 0.6 is 50.9 Å². The van der Waals surface area contributed by atoms with Gasteiger partial charge in [0.15, 0.2) is 0 Å². The molecule has 128 valence electrons. The molecule has 1 amide bonds. The van der Waals surface area contributed by atoms with Crippen molar-refractivity contribution in [3.63, 3.8) is 0 Å². The maximum absolute atomic E-state index is 12.0. The summed E-state index contributed by atoms with van der Waals surface area (Å²) in [5.74, 6) is 0.242. The molecule has 0 aliphatic heterocycles. The molecule has 5 nitrogen and oxygen atoms in total. The van der Waals surface area contributed by atoms with Gasteiger partial charge >= 0.3 is 0 Å². The van der Waals surface area contributed by atoms with Gasteiger partial charge in [-0.15, -0.1) is 10.2 Å². The zero-order valence-electron chi connectivity index (χ0n) is 12.5. The molecule has 0 unspecified atom stereocenters. The third-order valence-electron chi connectivity index (χ3n) is 3.00. The normalized spacial score (nSPS) is 10.7. The van der Waals surface area contributed by atoms with Crippen molar-refractivity contribution in [2.45, 2.75) is 5.22 Å². The van der Waals surface area contributed by atoms with E-state index < -0.39 is 0 Å². The van der Waals surface area contributed by atoms with Crippen LogP contribution in [0.4, 0.5) is 5.69 Å². The molecule has 9 heteroatoms. The van der Waals surface area contributed by atoms with Crippen LogP contribution in [0.15, 0.2) is 56.6 Å². The quantitative estimate of drug-likeness (QED) is 0.508. The van der Waals surface area contributed by atoms with E-state index in [0.717, 1.165) is 16.2 Å². The number of benzene rings is 2. The third kappa shape index (κ3) is 4.98. The zero-order chi connectivity index (χ0) is 17.8. The first-order chi connectivity index (χ1) is 12.0. The SMILES string of the molecule is O=C(CSc1nnc(-c2ccc(Cl)cc2Cl)o1)Nc1cccc(Br)c1. The fourth-order valence-electron chi connectivity index (χ4n) is 1.93. The van der Waals surface area contributed by atoms with Crippen molar-refractivity contribution in [1.82, 2.24) is 10.2 Å². The van der Waals surface area contributed by atoms with Gasteiger partial charge in [-0.1, -0.05) is 57.0 Å². The number of thioether (sulfide) groups is 1. The minimum atomic E-state index is -0.174. The average Bonchev–Trinajstić information content (AvgIpc) is 3.01. The van der Waals surface area contributed by atoms with Crippen LogP contribution in [0, 0.1) is 0 Å². The first-order valence-corrected chi connectivity index (χ1v) is 9.52. The molecule has 1 heterocycles. The highest BCUT2D eigenvalue weighted by atomic mass is 79.9. The highest BCUT2D eigenvalue weighted by Gasteiger charge is 2.14. The Morgan fingerprint density at radius 3 is 2.80 bits per heavy atom. The number of halogens is 3. The summed E-state index contributed by atoms with van der Waals surface area (Å²) < 4.78 is 6.42. The van der Waals surface area contributed by atoms with Gasteiger partial charge in [0.1, 0.15) is 0 Å². The number of hydrogen-bond donors (Lipinski definition) is 1. The molecule has 0 saturated heterocycles. The van der Waals surface area contributed by atoms with Gasteiger partial charge in [-0.25, -0.2) is 0 Å². The second-order valence-corrected chi connectivity index (χ2v) is 7.53. The van der Waals surface area contributed by atoms with Crippen molar-refractivity contribution in [2.24, 2.45) is 0 Å². The molecule has 0 bridgehead atoms. The van der Waals surface area contributed by atoms with Crippen LogP contribution < -0.4 is 5.32 Å². The summed E-state index contributed by atoms with van der Waals surface area (Å²) in [7, 11) is 0. The van der Waals surface area contributed by atoms with Crippen molar-refractivity contribution >= 4 is 62.5 Å². The Morgan fingerprint density at radius 1 is 1.20 bits per heavy atom. The molecule has 0 aliphatic carbocycles. The van der Waals surface area contributed by atoms with E-state index in [2.05, 4.69) is 31.4 Å². The number of nitrogens with zero attached hydrogens (tertiary/aromatic N) is 2. The molecule has 0 saturated carbocycles. The minimum absolute atomic E-state index is 0.141. The van der Waals surface area contributed by atoms with E-state index >= 15 is 0 Å². The molecule has 2 aromatic carbocycles. The molecule has 1 N–H and O–H groups in total. The van der Waals surface area contributed by atoms with Crippen LogP contribution in [0.1, 0.15) is 0 Å². The Morgan fingerprint density at radius 2 is 2.04 bits per heavy atom. The Balaban J connectivity index is 1.61. The molecule has 0 fully saturated rings. The highest BCUT2D eigenvalue weighted by Crippen LogP contribution is 2.31. The number of carbonyl (C=O) groups is 1. The predicted molar refractivity (Wildman–Crippen MR) is 103 cm³/mol. The van der Waals surface area contributed by atoms with Crippen LogP contribution in [0.5, 0.6) is 0 Å². The summed E-state index contributed by atoms with van der Waals surface area (Å²) in [4.78, 5) is 12.0. The van der Waals surface area contributed by atoms with E-state index in [1.807, 2.05) is 18.2 Å². The highest BCUT2D eigenvalue weighted by molar-refractivity contribution is 9.10. The van der Waals surface area contributed by atoms with E-state index in [4.69, 9.17) is 27.6 Å². The predicted octanol–water partition coefficient (Wildman–Crippen LogP) is 5.54. The number of hydrogen-bond acceptors (Lipinski definition) is 5. The summed E-state index contributed by atoms with van der Waals surface area (Å²) in [6.07, 6.45) is 0. The standard InChI is InChI=1S/C16H10BrCl2N3O2S/c17-9-2-1-3-11(6-9)20-14(23)8-25-16-22-21-15(24-16)12-5-4-10(18)7-13(12)19/h1-7H,8H2,(H,20,23). The van der Waals surface area contributed by atoms with E-state index in [0.29, 0.717) is 21.3 Å². The first-order valence-electron chi connectivity index (χ1n) is 6.98. The summed E-state index contributed by atoms with van der Waals surface area (Å²) in [5.41, 5.74) is 1.29. The van der Waals surface area contributed by atoms with Crippen LogP contribution in [0.2, 0.25) is 10.0 Å². The van der Waals surface area contributed by atoms with Crippen molar-refractivity contribution in [1.29, 1.82) is 0 Å². The molecule has 3 rings (SSSR count). The monoisotopic (exact) mass is 457 g/mol. The van der Waals surface area contributed by atoms with Crippen molar-refractivity contribution in [3.8, 4) is 11.5 Å². The Kier molecular flexibility index (Phi) is 6.01. The van der Waals surface area contributed by atoms with E-state index in [1.54, 1.807) is 24.3 Å². The molecule has 3 aromatic rings. The number of nitrogens with one attached hydrogen (secondary N) is 1. The van der Waals surface area contributed by atoms with Crippen molar-refractivity contribution < 1.29 is 9.21 Å². The number of amides is 1. The molecule has 0 spiro atoms. The first kappa shape index (κ1) is 18.3. The second kappa shape index (κ2) is 8.23. The summed E-state index contributed by atoms with van der Waals surface area (Å²) >= 11 is 16.5. The lowest BCUT2D eigenvalue weighted by molar-refractivity contribution is -0.113. The molecule has 0 atom stereocenters. The van der Waals surface area contributed by atoms with E-state index in [1.165, 1.54) is 0 Å². The minimum Gasteiger partial charge on any atom is -0.411 e. The van der Waals surface area contributed by atoms with Gasteiger partial charge in [-0.05, 0) is 36.4 Å². The molecular weight excluding hydrogens is 449 g/mol. The van der Waals surface area contributed by atoms with Crippen LogP contribution in [-0.2, 0) is 4.79 Å². The maximum atomic E-state index is 12.0. The third-order valence-corrected chi connectivity index (χ3v) is 4.86. The van der Waals surface area contributed by atoms with Gasteiger partial charge in [0, 0.05) is 15.2 Å². The van der Waals surface area contributed by atoms with Crippen molar-refractivity contribution in [3.05, 3.63) is 57.0 Å². The fraction of sp³-hybridized carbons (Fsp3) is 0.0625. The molecular formula is C16H10BrCl2N3O2S. The van der Waals surface area contributed by atoms with Gasteiger partial charge in [0.2, 0.25) is 11.8 Å². The number of anilines is 1. The fourth-order valence-corrected chi connectivity index (χ4v) is 3.38. The van der Waals surface area contributed by atoms with E-state index in [-0.39, 0.29) is 22.8 Å². The second-order valence-electron chi connectivity index (χ2n) is 4.84. The molecule has 25 heavy (non-hydrogen) atoms. The molecule has 0 radical (unpaired) electrons. The number of carbonyl (C=O) groups excluding carboxylic acids is 1. The van der Waals surface area contributed by atoms with Gasteiger partial charge < -0.3 is 9.73 Å². The van der Waals surface area contributed by atoms with Crippen LogP contribution in [0.25, 0.3) is 11.5 Å². The largest absolute Gasteiger partial charge is 0.411 e. The summed E-state index contributed by atoms with van der Waals surface area (Å²) in [5, 5.41) is 11.9. The zero-order valence-corrected chi connectivity index (χ0v) is 16.4. The van der Waals surface area contributed by atoms with Gasteiger partial charge in [0.05, 0.1) is 16.3 Å².